The van der Waals surface area contributed by atoms with Crippen LogP contribution in [0.2, 0.25) is 0 Å². The molecule has 2 unspecified atom stereocenters. The van der Waals surface area contributed by atoms with Crippen molar-refractivity contribution in [1.82, 2.24) is 0 Å². The van der Waals surface area contributed by atoms with Gasteiger partial charge in [0.1, 0.15) is 0 Å². The molecule has 1 aliphatic rings. The molecule has 0 N–H and O–H groups in total. The standard InChI is InChI=1S/C12H10F6O2/c1-2-19-12(18)11(16,17)10(14,15)9(13,20-12)8-6-4-3-5-7-8/h3-7H,2H2,1H3. The topological polar surface area (TPSA) is 18.5 Å². The van der Waals surface area contributed by atoms with Gasteiger partial charge in [-0.25, -0.2) is 0 Å². The third-order valence-electron chi connectivity index (χ3n) is 2.92. The second-order valence-corrected chi connectivity index (χ2v) is 4.18. The summed E-state index contributed by atoms with van der Waals surface area (Å²) in [6, 6.07) is 0.656. The molecule has 0 bridgehead atoms. The molecule has 0 saturated carbocycles. The van der Waals surface area contributed by atoms with Crippen LogP contribution in [0.15, 0.2) is 30.3 Å². The van der Waals surface area contributed by atoms with Gasteiger partial charge in [-0.2, -0.15) is 26.3 Å². The van der Waals surface area contributed by atoms with Crippen LogP contribution in [0.1, 0.15) is 12.5 Å². The molecule has 8 heteroatoms. The van der Waals surface area contributed by atoms with Gasteiger partial charge in [0.25, 0.3) is 0 Å². The van der Waals surface area contributed by atoms with Crippen molar-refractivity contribution in [2.24, 2.45) is 0 Å². The first-order valence-corrected chi connectivity index (χ1v) is 5.65. The van der Waals surface area contributed by atoms with E-state index in [4.69, 9.17) is 0 Å². The third kappa shape index (κ3) is 1.67. The highest BCUT2D eigenvalue weighted by molar-refractivity contribution is 5.27. The largest absolute Gasteiger partial charge is 0.400 e. The molecule has 0 amide bonds. The molecule has 1 heterocycles. The number of hydrogen-bond acceptors (Lipinski definition) is 2. The zero-order chi connectivity index (χ0) is 15.2. The average molecular weight is 300 g/mol. The van der Waals surface area contributed by atoms with E-state index in [2.05, 4.69) is 9.47 Å². The van der Waals surface area contributed by atoms with Crippen LogP contribution < -0.4 is 0 Å². The maximum absolute atomic E-state index is 14.4. The van der Waals surface area contributed by atoms with Gasteiger partial charge in [-0.1, -0.05) is 30.3 Å². The van der Waals surface area contributed by atoms with E-state index in [-0.39, 0.29) is 0 Å². The van der Waals surface area contributed by atoms with Crippen molar-refractivity contribution in [2.75, 3.05) is 6.61 Å². The highest BCUT2D eigenvalue weighted by atomic mass is 19.3. The molecule has 0 aromatic heterocycles. The lowest BCUT2D eigenvalue weighted by Gasteiger charge is -2.26. The maximum atomic E-state index is 14.4. The summed E-state index contributed by atoms with van der Waals surface area (Å²) in [4.78, 5) is 0. The smallest absolute Gasteiger partial charge is 0.319 e. The van der Waals surface area contributed by atoms with E-state index in [9.17, 15) is 26.3 Å². The van der Waals surface area contributed by atoms with Crippen LogP contribution in [-0.4, -0.2) is 24.5 Å². The van der Waals surface area contributed by atoms with Gasteiger partial charge in [-0.15, -0.1) is 0 Å². The molecule has 1 aromatic rings. The summed E-state index contributed by atoms with van der Waals surface area (Å²) in [6.07, 6.45) is 0. The van der Waals surface area contributed by atoms with Gasteiger partial charge in [0.05, 0.1) is 6.61 Å². The number of alkyl halides is 6. The lowest BCUT2D eigenvalue weighted by molar-refractivity contribution is -0.395. The molecule has 112 valence electrons. The fourth-order valence-corrected chi connectivity index (χ4v) is 1.90. The monoisotopic (exact) mass is 300 g/mol. The van der Waals surface area contributed by atoms with Crippen LogP contribution in [0, 0.1) is 0 Å². The highest BCUT2D eigenvalue weighted by Crippen LogP contribution is 2.63. The zero-order valence-corrected chi connectivity index (χ0v) is 10.2. The Labute approximate surface area is 110 Å². The highest BCUT2D eigenvalue weighted by Gasteiger charge is 2.89. The van der Waals surface area contributed by atoms with Crippen molar-refractivity contribution in [3.05, 3.63) is 35.9 Å². The summed E-state index contributed by atoms with van der Waals surface area (Å²) in [6.45, 7) is 0.382. The maximum Gasteiger partial charge on any atom is 0.400 e. The summed E-state index contributed by atoms with van der Waals surface area (Å²) in [5.74, 6) is -15.3. The minimum absolute atomic E-state index is 0.701. The van der Waals surface area contributed by atoms with Crippen molar-refractivity contribution in [3.63, 3.8) is 0 Å². The van der Waals surface area contributed by atoms with E-state index < -0.39 is 35.9 Å². The van der Waals surface area contributed by atoms with Crippen LogP contribution >= 0.6 is 0 Å². The Bertz CT molecular complexity index is 494. The van der Waals surface area contributed by atoms with E-state index in [1.807, 2.05) is 0 Å². The lowest BCUT2D eigenvalue weighted by atomic mass is 9.98. The molecule has 1 aromatic carbocycles. The SMILES string of the molecule is CCOC1(F)OC(F)(c2ccccc2)C(F)(F)C1(F)F. The molecule has 1 saturated heterocycles. The summed E-state index contributed by atoms with van der Waals surface area (Å²) >= 11 is 0. The van der Waals surface area contributed by atoms with Gasteiger partial charge < -0.3 is 4.74 Å². The van der Waals surface area contributed by atoms with Crippen molar-refractivity contribution in [3.8, 4) is 0 Å². The molecule has 20 heavy (non-hydrogen) atoms. The van der Waals surface area contributed by atoms with Gasteiger partial charge in [0.2, 0.25) is 0 Å². The van der Waals surface area contributed by atoms with Crippen molar-refractivity contribution in [1.29, 1.82) is 0 Å². The molecular weight excluding hydrogens is 290 g/mol. The van der Waals surface area contributed by atoms with E-state index >= 15 is 0 Å². The molecule has 1 aliphatic heterocycles. The minimum atomic E-state index is -5.49. The van der Waals surface area contributed by atoms with E-state index in [0.717, 1.165) is 31.2 Å². The van der Waals surface area contributed by atoms with E-state index in [1.54, 1.807) is 0 Å². The quantitative estimate of drug-likeness (QED) is 0.791. The fraction of sp³-hybridized carbons (Fsp3) is 0.500. The van der Waals surface area contributed by atoms with E-state index in [1.165, 1.54) is 6.07 Å². The fourth-order valence-electron chi connectivity index (χ4n) is 1.90. The Morgan fingerprint density at radius 2 is 1.50 bits per heavy atom. The normalized spacial score (nSPS) is 35.1. The van der Waals surface area contributed by atoms with Crippen LogP contribution in [0.5, 0.6) is 0 Å². The summed E-state index contributed by atoms with van der Waals surface area (Å²) in [5.41, 5.74) is -0.927. The zero-order valence-electron chi connectivity index (χ0n) is 10.2. The van der Waals surface area contributed by atoms with Crippen molar-refractivity contribution in [2.45, 2.75) is 30.7 Å². The molecular formula is C12H10F6O2. The number of benzene rings is 1. The first kappa shape index (κ1) is 15.1. The number of hydrogen-bond donors (Lipinski definition) is 0. The van der Waals surface area contributed by atoms with Crippen LogP contribution in [0.3, 0.4) is 0 Å². The first-order chi connectivity index (χ1) is 9.12. The van der Waals surface area contributed by atoms with Crippen molar-refractivity contribution < 1.29 is 35.8 Å². The van der Waals surface area contributed by atoms with Gasteiger partial charge in [0.15, 0.2) is 0 Å². The van der Waals surface area contributed by atoms with E-state index in [0.29, 0.717) is 0 Å². The van der Waals surface area contributed by atoms with Gasteiger partial charge in [-0.3, -0.25) is 4.74 Å². The summed E-state index contributed by atoms with van der Waals surface area (Å²) in [5, 5.41) is 0. The number of ether oxygens (including phenoxy) is 2. The Kier molecular flexibility index (Phi) is 3.29. The molecule has 0 spiro atoms. The molecule has 2 atom stereocenters. The molecule has 0 aliphatic carbocycles. The predicted octanol–water partition coefficient (Wildman–Crippen LogP) is 3.77. The molecule has 1 fully saturated rings. The van der Waals surface area contributed by atoms with Crippen LogP contribution in [0.4, 0.5) is 26.3 Å². The molecule has 0 radical (unpaired) electrons. The van der Waals surface area contributed by atoms with Crippen LogP contribution in [-0.2, 0) is 15.3 Å². The minimum Gasteiger partial charge on any atom is -0.319 e. The molecule has 2 nitrogen and oxygen atoms in total. The number of halogens is 6. The first-order valence-electron chi connectivity index (χ1n) is 5.65. The Balaban J connectivity index is 2.57. The number of rotatable bonds is 3. The van der Waals surface area contributed by atoms with Gasteiger partial charge >= 0.3 is 23.7 Å². The lowest BCUT2D eigenvalue weighted by Crippen LogP contribution is -2.53. The van der Waals surface area contributed by atoms with Gasteiger partial charge in [-0.05, 0) is 6.92 Å². The van der Waals surface area contributed by atoms with Crippen LogP contribution in [0.25, 0.3) is 0 Å². The average Bonchev–Trinajstić information content (AvgIpc) is 2.48. The second-order valence-electron chi connectivity index (χ2n) is 4.18. The third-order valence-corrected chi connectivity index (χ3v) is 2.92. The second kappa shape index (κ2) is 4.36. The summed E-state index contributed by atoms with van der Waals surface area (Å²) < 4.78 is 90.3. The summed E-state index contributed by atoms with van der Waals surface area (Å²) in [7, 11) is 0. The predicted molar refractivity (Wildman–Crippen MR) is 55.7 cm³/mol. The Morgan fingerprint density at radius 1 is 0.950 bits per heavy atom. The molecule has 2 rings (SSSR count). The Hall–Kier alpha value is -1.28. The van der Waals surface area contributed by atoms with Crippen molar-refractivity contribution >= 4 is 0 Å². The Morgan fingerprint density at radius 3 is 2.00 bits per heavy atom. The van der Waals surface area contributed by atoms with Gasteiger partial charge in [0, 0.05) is 5.56 Å².